The fraction of sp³-hybridized carbons (Fsp3) is 0.550. The SMILES string of the molecule is C=CC(=O)N1CC2(CCN(c3nc(N4CC5(CCC5CCOC)C4)nc4c(OCC(F)(F)F)c(-c5c(C)ccc6[nH]ncc56)c(C5CC5)cc34)CC2)C1. The first kappa shape index (κ1) is 34.4. The summed E-state index contributed by atoms with van der Waals surface area (Å²) >= 11 is 0. The summed E-state index contributed by atoms with van der Waals surface area (Å²) < 4.78 is 53.7. The van der Waals surface area contributed by atoms with Gasteiger partial charge in [-0.2, -0.15) is 23.3 Å². The van der Waals surface area contributed by atoms with Crippen LogP contribution in [0.25, 0.3) is 32.9 Å². The van der Waals surface area contributed by atoms with E-state index >= 15 is 0 Å². The van der Waals surface area contributed by atoms with E-state index in [1.165, 1.54) is 12.5 Å². The quantitative estimate of drug-likeness (QED) is 0.172. The van der Waals surface area contributed by atoms with Gasteiger partial charge in [-0.25, -0.2) is 4.98 Å². The number of carbonyl (C=O) groups excluding carboxylic acids is 1. The maximum absolute atomic E-state index is 14.1. The number of carbonyl (C=O) groups is 1. The number of fused-ring (bicyclic) bond motifs is 2. The lowest BCUT2D eigenvalue weighted by molar-refractivity contribution is -0.153. The number of hydrogen-bond donors (Lipinski definition) is 1. The van der Waals surface area contributed by atoms with Crippen LogP contribution < -0.4 is 14.5 Å². The number of amides is 1. The fourth-order valence-electron chi connectivity index (χ4n) is 9.64. The number of H-pyrrole nitrogens is 1. The molecule has 1 atom stereocenters. The Morgan fingerprint density at radius 3 is 2.47 bits per heavy atom. The zero-order valence-electron chi connectivity index (χ0n) is 30.4. The van der Waals surface area contributed by atoms with E-state index in [1.54, 1.807) is 13.3 Å². The molecule has 3 aliphatic heterocycles. The first-order chi connectivity index (χ1) is 25.5. The Morgan fingerprint density at radius 1 is 1.04 bits per heavy atom. The number of aromatic nitrogens is 4. The van der Waals surface area contributed by atoms with E-state index in [9.17, 15) is 18.0 Å². The summed E-state index contributed by atoms with van der Waals surface area (Å²) in [6.45, 7) is 9.41. The number of aryl methyl sites for hydroxylation is 1. The summed E-state index contributed by atoms with van der Waals surface area (Å²) in [5.74, 6) is 2.15. The molecule has 53 heavy (non-hydrogen) atoms. The van der Waals surface area contributed by atoms with Gasteiger partial charge in [-0.05, 0) is 98.6 Å². The zero-order chi connectivity index (χ0) is 36.7. The van der Waals surface area contributed by atoms with Gasteiger partial charge in [0, 0.05) is 80.2 Å². The number of nitrogens with zero attached hydrogens (tertiary/aromatic N) is 6. The van der Waals surface area contributed by atoms with Crippen LogP contribution in [0.2, 0.25) is 0 Å². The molecule has 5 heterocycles. The van der Waals surface area contributed by atoms with Crippen molar-refractivity contribution >= 4 is 39.5 Å². The van der Waals surface area contributed by atoms with Gasteiger partial charge in [0.15, 0.2) is 12.4 Å². The van der Waals surface area contributed by atoms with E-state index < -0.39 is 12.8 Å². The lowest BCUT2D eigenvalue weighted by atomic mass is 9.55. The smallest absolute Gasteiger partial charge is 0.422 e. The molecule has 1 amide bonds. The molecule has 280 valence electrons. The lowest BCUT2D eigenvalue weighted by Crippen LogP contribution is -2.65. The van der Waals surface area contributed by atoms with Gasteiger partial charge in [-0.1, -0.05) is 12.6 Å². The van der Waals surface area contributed by atoms with Crippen LogP contribution in [0.4, 0.5) is 24.9 Å². The molecular formula is C40H46F3N7O3. The summed E-state index contributed by atoms with van der Waals surface area (Å²) in [4.78, 5) is 29.0. The second-order valence-electron chi connectivity index (χ2n) is 16.3. The number of benzene rings is 2. The molecule has 2 spiro atoms. The molecule has 1 N–H and O–H groups in total. The third-order valence-corrected chi connectivity index (χ3v) is 12.9. The molecule has 10 nitrogen and oxygen atoms in total. The molecule has 2 aromatic carbocycles. The topological polar surface area (TPSA) is 99.7 Å². The van der Waals surface area contributed by atoms with E-state index in [-0.39, 0.29) is 28.4 Å². The van der Waals surface area contributed by atoms with Gasteiger partial charge in [0.1, 0.15) is 11.3 Å². The average molecular weight is 730 g/mol. The number of halogens is 3. The number of likely N-dealkylation sites (tertiary alicyclic amines) is 1. The van der Waals surface area contributed by atoms with Gasteiger partial charge in [0.05, 0.1) is 11.7 Å². The molecule has 2 aromatic heterocycles. The molecule has 9 rings (SSSR count). The standard InChI is InChI=1S/C40H46F3N7O3/c1-4-31(51)49-19-38(20-49)12-14-48(15-13-38)36-28-17-27(25-6-7-25)33(32-24(2)5-8-30-29(32)18-44-47-30)35(53-23-40(41,42)43)34(28)45-37(46-36)50-21-39(22-50)11-9-26(39)10-16-52-3/h4-5,8,17-18,25-26H,1,6-7,9-16,19-23H2,2-3H3,(H,44,47). The molecule has 13 heteroatoms. The summed E-state index contributed by atoms with van der Waals surface area (Å²) in [5, 5.41) is 8.90. The number of alkyl halides is 3. The Bertz CT molecular complexity index is 2090. The first-order valence-corrected chi connectivity index (χ1v) is 18.9. The van der Waals surface area contributed by atoms with Crippen molar-refractivity contribution in [3.63, 3.8) is 0 Å². The van der Waals surface area contributed by atoms with Crippen molar-refractivity contribution in [1.29, 1.82) is 0 Å². The van der Waals surface area contributed by atoms with E-state index in [0.717, 1.165) is 110 Å². The van der Waals surface area contributed by atoms with Crippen LogP contribution in [0.15, 0.2) is 37.1 Å². The van der Waals surface area contributed by atoms with Crippen molar-refractivity contribution < 1.29 is 27.4 Å². The summed E-state index contributed by atoms with van der Waals surface area (Å²) in [6.07, 6.45) is 5.55. The van der Waals surface area contributed by atoms with Crippen LogP contribution in [-0.4, -0.2) is 96.7 Å². The van der Waals surface area contributed by atoms with Crippen molar-refractivity contribution in [2.24, 2.45) is 16.7 Å². The highest BCUT2D eigenvalue weighted by molar-refractivity contribution is 6.06. The van der Waals surface area contributed by atoms with Crippen LogP contribution in [0.5, 0.6) is 5.75 Å². The Kier molecular flexibility index (Phi) is 8.17. The van der Waals surface area contributed by atoms with Crippen molar-refractivity contribution in [3.05, 3.63) is 48.2 Å². The van der Waals surface area contributed by atoms with Gasteiger partial charge >= 0.3 is 6.18 Å². The highest BCUT2D eigenvalue weighted by atomic mass is 19.4. The molecule has 0 bridgehead atoms. The second kappa shape index (κ2) is 12.6. The van der Waals surface area contributed by atoms with Crippen LogP contribution >= 0.6 is 0 Å². The Morgan fingerprint density at radius 2 is 1.81 bits per heavy atom. The van der Waals surface area contributed by atoms with Crippen LogP contribution in [-0.2, 0) is 9.53 Å². The zero-order valence-corrected chi connectivity index (χ0v) is 30.4. The third-order valence-electron chi connectivity index (χ3n) is 12.9. The van der Waals surface area contributed by atoms with Crippen molar-refractivity contribution in [3.8, 4) is 16.9 Å². The maximum Gasteiger partial charge on any atom is 0.422 e. The van der Waals surface area contributed by atoms with Crippen molar-refractivity contribution in [1.82, 2.24) is 25.1 Å². The van der Waals surface area contributed by atoms with Crippen LogP contribution in [0.3, 0.4) is 0 Å². The average Bonchev–Trinajstić information content (AvgIpc) is 3.84. The molecule has 1 unspecified atom stereocenters. The number of anilines is 2. The van der Waals surface area contributed by atoms with Crippen molar-refractivity contribution in [2.45, 2.75) is 64.0 Å². The van der Waals surface area contributed by atoms with Crippen LogP contribution in [0, 0.1) is 23.7 Å². The predicted molar refractivity (Wildman–Crippen MR) is 197 cm³/mol. The van der Waals surface area contributed by atoms with Gasteiger partial charge in [-0.3, -0.25) is 9.89 Å². The number of nitrogens with one attached hydrogen (secondary N) is 1. The van der Waals surface area contributed by atoms with E-state index in [4.69, 9.17) is 19.4 Å². The highest BCUT2D eigenvalue weighted by Gasteiger charge is 2.55. The highest BCUT2D eigenvalue weighted by Crippen LogP contribution is 2.57. The molecule has 4 aromatic rings. The van der Waals surface area contributed by atoms with E-state index in [0.29, 0.717) is 36.0 Å². The van der Waals surface area contributed by atoms with Gasteiger partial charge in [-0.15, -0.1) is 0 Å². The number of piperidine rings is 1. The van der Waals surface area contributed by atoms with Gasteiger partial charge < -0.3 is 24.2 Å². The van der Waals surface area contributed by atoms with E-state index in [2.05, 4.69) is 32.6 Å². The number of aromatic amines is 1. The maximum atomic E-state index is 14.1. The monoisotopic (exact) mass is 729 g/mol. The molecule has 3 saturated heterocycles. The Labute approximate surface area is 306 Å². The largest absolute Gasteiger partial charge is 0.481 e. The normalized spacial score (nSPS) is 21.9. The number of rotatable bonds is 10. The summed E-state index contributed by atoms with van der Waals surface area (Å²) in [6, 6.07) is 6.07. The third kappa shape index (κ3) is 5.90. The molecule has 0 radical (unpaired) electrons. The minimum absolute atomic E-state index is 0.0381. The van der Waals surface area contributed by atoms with E-state index in [1.807, 2.05) is 24.0 Å². The number of hydrogen-bond acceptors (Lipinski definition) is 8. The minimum atomic E-state index is -4.55. The molecular weight excluding hydrogens is 683 g/mol. The summed E-state index contributed by atoms with van der Waals surface area (Å²) in [5.41, 5.74) is 4.84. The van der Waals surface area contributed by atoms with Crippen molar-refractivity contribution in [2.75, 3.05) is 69.4 Å². The second-order valence-corrected chi connectivity index (χ2v) is 16.3. The van der Waals surface area contributed by atoms with Gasteiger partial charge in [0.2, 0.25) is 11.9 Å². The number of methoxy groups -OCH3 is 1. The molecule has 5 fully saturated rings. The Hall–Kier alpha value is -4.39. The lowest BCUT2D eigenvalue weighted by Gasteiger charge is -2.61. The minimum Gasteiger partial charge on any atom is -0.481 e. The number of ether oxygens (including phenoxy) is 2. The fourth-order valence-corrected chi connectivity index (χ4v) is 9.64. The Balaban J connectivity index is 1.18. The molecule has 2 saturated carbocycles. The molecule has 5 aliphatic rings. The summed E-state index contributed by atoms with van der Waals surface area (Å²) in [7, 11) is 1.74. The predicted octanol–water partition coefficient (Wildman–Crippen LogP) is 7.17. The first-order valence-electron chi connectivity index (χ1n) is 18.9. The van der Waals surface area contributed by atoms with Gasteiger partial charge in [0.25, 0.3) is 0 Å². The molecule has 2 aliphatic carbocycles. The van der Waals surface area contributed by atoms with Crippen LogP contribution in [0.1, 0.15) is 62.0 Å².